The lowest BCUT2D eigenvalue weighted by Gasteiger charge is -2.13. The summed E-state index contributed by atoms with van der Waals surface area (Å²) in [5.41, 5.74) is 8.18. The molecule has 2 rings (SSSR count). The van der Waals surface area contributed by atoms with Crippen molar-refractivity contribution in [2.75, 3.05) is 12.8 Å². The number of halogens is 1. The van der Waals surface area contributed by atoms with Gasteiger partial charge in [0.25, 0.3) is 0 Å². The molecule has 0 amide bonds. The van der Waals surface area contributed by atoms with Gasteiger partial charge in [-0.2, -0.15) is 5.10 Å². The molecule has 3 N–H and O–H groups in total. The fourth-order valence-electron chi connectivity index (χ4n) is 1.91. The van der Waals surface area contributed by atoms with Crippen LogP contribution in [0.25, 0.3) is 11.1 Å². The number of aromatic nitrogens is 2. The molecule has 2 aromatic rings. The number of nitrogens with zero attached hydrogens (tertiary/aromatic N) is 2. The Morgan fingerprint density at radius 2 is 2.17 bits per heavy atom. The van der Waals surface area contributed by atoms with Gasteiger partial charge in [-0.15, -0.1) is 0 Å². The molecule has 0 radical (unpaired) electrons. The van der Waals surface area contributed by atoms with Crippen LogP contribution in [0.15, 0.2) is 12.3 Å². The quantitative estimate of drug-likeness (QED) is 0.876. The smallest absolute Gasteiger partial charge is 0.179 e. The van der Waals surface area contributed by atoms with Crippen LogP contribution in [0, 0.1) is 6.92 Å². The summed E-state index contributed by atoms with van der Waals surface area (Å²) in [7, 11) is 3.20. The van der Waals surface area contributed by atoms with E-state index in [0.717, 1.165) is 16.7 Å². The molecule has 1 heterocycles. The molecule has 0 saturated carbocycles. The van der Waals surface area contributed by atoms with Crippen molar-refractivity contribution in [3.8, 4) is 22.6 Å². The van der Waals surface area contributed by atoms with Gasteiger partial charge in [0.1, 0.15) is 5.82 Å². The van der Waals surface area contributed by atoms with Gasteiger partial charge in [-0.3, -0.25) is 4.68 Å². The van der Waals surface area contributed by atoms with E-state index >= 15 is 0 Å². The molecule has 0 aliphatic heterocycles. The molecule has 0 aliphatic carbocycles. The fourth-order valence-corrected chi connectivity index (χ4v) is 2.33. The molecule has 0 aliphatic rings. The maximum absolute atomic E-state index is 9.76. The number of anilines is 1. The topological polar surface area (TPSA) is 73.3 Å². The number of phenols is 1. The average molecular weight is 268 g/mol. The average Bonchev–Trinajstić information content (AvgIpc) is 2.61. The van der Waals surface area contributed by atoms with E-state index < -0.39 is 0 Å². The van der Waals surface area contributed by atoms with Crippen LogP contribution in [0.5, 0.6) is 11.5 Å². The minimum atomic E-state index is 0.00575. The Morgan fingerprint density at radius 3 is 2.67 bits per heavy atom. The van der Waals surface area contributed by atoms with Crippen molar-refractivity contribution < 1.29 is 9.84 Å². The molecular formula is C12H14ClN3O2. The van der Waals surface area contributed by atoms with E-state index in [0.29, 0.717) is 10.8 Å². The van der Waals surface area contributed by atoms with Crippen molar-refractivity contribution in [3.63, 3.8) is 0 Å². The third kappa shape index (κ3) is 1.76. The Hall–Kier alpha value is -1.88. The van der Waals surface area contributed by atoms with Crippen LogP contribution in [0.2, 0.25) is 5.02 Å². The minimum absolute atomic E-state index is 0.00575. The summed E-state index contributed by atoms with van der Waals surface area (Å²) in [4.78, 5) is 0. The standard InChI is InChI=1S/C12H14ClN3O2/c1-6-4-8(17)11(18-3)10(13)9(6)7-5-15-16(2)12(7)14/h4-5,17H,14H2,1-3H3. The minimum Gasteiger partial charge on any atom is -0.504 e. The maximum Gasteiger partial charge on any atom is 0.179 e. The maximum atomic E-state index is 9.76. The van der Waals surface area contributed by atoms with Crippen molar-refractivity contribution in [2.45, 2.75) is 6.92 Å². The molecule has 0 atom stereocenters. The highest BCUT2D eigenvalue weighted by molar-refractivity contribution is 6.35. The van der Waals surface area contributed by atoms with E-state index in [1.807, 2.05) is 6.92 Å². The van der Waals surface area contributed by atoms with Gasteiger partial charge < -0.3 is 15.6 Å². The summed E-state index contributed by atoms with van der Waals surface area (Å²) in [5.74, 6) is 0.750. The summed E-state index contributed by atoms with van der Waals surface area (Å²) in [5, 5.41) is 14.2. The summed E-state index contributed by atoms with van der Waals surface area (Å²) in [6.45, 7) is 1.84. The lowest BCUT2D eigenvalue weighted by atomic mass is 10.0. The first kappa shape index (κ1) is 12.6. The van der Waals surface area contributed by atoms with Crippen molar-refractivity contribution in [1.29, 1.82) is 0 Å². The number of ether oxygens (including phenoxy) is 1. The normalized spacial score (nSPS) is 10.7. The lowest BCUT2D eigenvalue weighted by molar-refractivity contribution is 0.373. The first-order chi connectivity index (χ1) is 8.47. The molecule has 0 saturated heterocycles. The highest BCUT2D eigenvalue weighted by Gasteiger charge is 2.19. The SMILES string of the molecule is COc1c(O)cc(C)c(-c2cnn(C)c2N)c1Cl. The van der Waals surface area contributed by atoms with E-state index in [2.05, 4.69) is 5.10 Å². The second-order valence-electron chi connectivity index (χ2n) is 4.00. The number of phenolic OH excluding ortho intramolecular Hbond substituents is 1. The second-order valence-corrected chi connectivity index (χ2v) is 4.38. The number of nitrogens with two attached hydrogens (primary N) is 1. The first-order valence-electron chi connectivity index (χ1n) is 5.31. The van der Waals surface area contributed by atoms with Gasteiger partial charge in [0.2, 0.25) is 0 Å². The van der Waals surface area contributed by atoms with Gasteiger partial charge in [-0.05, 0) is 18.6 Å². The fraction of sp³-hybridized carbons (Fsp3) is 0.250. The van der Waals surface area contributed by atoms with E-state index in [1.54, 1.807) is 24.0 Å². The van der Waals surface area contributed by atoms with Crippen LogP contribution in [-0.2, 0) is 7.05 Å². The van der Waals surface area contributed by atoms with Crippen molar-refractivity contribution in [2.24, 2.45) is 7.05 Å². The first-order valence-corrected chi connectivity index (χ1v) is 5.69. The Morgan fingerprint density at radius 1 is 1.50 bits per heavy atom. The number of rotatable bonds is 2. The molecular weight excluding hydrogens is 254 g/mol. The lowest BCUT2D eigenvalue weighted by Crippen LogP contribution is -1.99. The summed E-state index contributed by atoms with van der Waals surface area (Å²) >= 11 is 6.26. The number of hydrogen-bond donors (Lipinski definition) is 2. The highest BCUT2D eigenvalue weighted by Crippen LogP contribution is 2.44. The van der Waals surface area contributed by atoms with Crippen molar-refractivity contribution in [1.82, 2.24) is 9.78 Å². The number of nitrogen functional groups attached to an aromatic ring is 1. The zero-order chi connectivity index (χ0) is 13.4. The number of hydrogen-bond acceptors (Lipinski definition) is 4. The Kier molecular flexibility index (Phi) is 3.09. The predicted octanol–water partition coefficient (Wildman–Crippen LogP) is 2.35. The third-order valence-electron chi connectivity index (χ3n) is 2.86. The second kappa shape index (κ2) is 4.42. The van der Waals surface area contributed by atoms with Crippen LogP contribution < -0.4 is 10.5 Å². The predicted molar refractivity (Wildman–Crippen MR) is 71.0 cm³/mol. The Labute approximate surface area is 110 Å². The van der Waals surface area contributed by atoms with Gasteiger partial charge in [-0.1, -0.05) is 11.6 Å². The van der Waals surface area contributed by atoms with E-state index in [1.165, 1.54) is 7.11 Å². The van der Waals surface area contributed by atoms with Crippen LogP contribution in [0.1, 0.15) is 5.56 Å². The molecule has 0 bridgehead atoms. The van der Waals surface area contributed by atoms with Gasteiger partial charge in [0.15, 0.2) is 11.5 Å². The zero-order valence-corrected chi connectivity index (χ0v) is 11.1. The molecule has 96 valence electrons. The zero-order valence-electron chi connectivity index (χ0n) is 10.4. The molecule has 0 fully saturated rings. The largest absolute Gasteiger partial charge is 0.504 e. The van der Waals surface area contributed by atoms with Gasteiger partial charge in [-0.25, -0.2) is 0 Å². The van der Waals surface area contributed by atoms with E-state index in [9.17, 15) is 5.11 Å². The summed E-state index contributed by atoms with van der Waals surface area (Å²) < 4.78 is 6.65. The van der Waals surface area contributed by atoms with Gasteiger partial charge in [0.05, 0.1) is 18.3 Å². The van der Waals surface area contributed by atoms with E-state index in [4.69, 9.17) is 22.1 Å². The third-order valence-corrected chi connectivity index (χ3v) is 3.22. The molecule has 1 aromatic heterocycles. The van der Waals surface area contributed by atoms with E-state index in [-0.39, 0.29) is 11.5 Å². The molecule has 6 heteroatoms. The number of benzene rings is 1. The number of aromatic hydroxyl groups is 1. The summed E-state index contributed by atoms with van der Waals surface area (Å²) in [6, 6.07) is 1.59. The Bertz CT molecular complexity index is 608. The van der Waals surface area contributed by atoms with Crippen LogP contribution in [0.3, 0.4) is 0 Å². The number of aryl methyl sites for hydroxylation is 2. The molecule has 0 unspecified atom stereocenters. The van der Waals surface area contributed by atoms with Crippen LogP contribution in [-0.4, -0.2) is 22.0 Å². The molecule has 1 aromatic carbocycles. The van der Waals surface area contributed by atoms with Crippen LogP contribution >= 0.6 is 11.6 Å². The molecule has 5 nitrogen and oxygen atoms in total. The number of methoxy groups -OCH3 is 1. The van der Waals surface area contributed by atoms with Crippen LogP contribution in [0.4, 0.5) is 5.82 Å². The molecule has 0 spiro atoms. The highest BCUT2D eigenvalue weighted by atomic mass is 35.5. The van der Waals surface area contributed by atoms with Gasteiger partial charge >= 0.3 is 0 Å². The monoisotopic (exact) mass is 267 g/mol. The Balaban J connectivity index is 2.75. The van der Waals surface area contributed by atoms with Crippen molar-refractivity contribution >= 4 is 17.4 Å². The summed E-state index contributed by atoms with van der Waals surface area (Å²) in [6.07, 6.45) is 1.64. The van der Waals surface area contributed by atoms with Gasteiger partial charge in [0, 0.05) is 18.2 Å². The molecule has 18 heavy (non-hydrogen) atoms. The van der Waals surface area contributed by atoms with Crippen molar-refractivity contribution in [3.05, 3.63) is 22.8 Å².